The smallest absolute Gasteiger partial charge is 0.0534 e. The fourth-order valence-corrected chi connectivity index (χ4v) is 0.922. The van der Waals surface area contributed by atoms with Crippen molar-refractivity contribution in [2.75, 3.05) is 5.88 Å². The first-order valence-electron chi connectivity index (χ1n) is 3.50. The molecule has 2 nitrogen and oxygen atoms in total. The molecule has 0 amide bonds. The Labute approximate surface area is 71.6 Å². The van der Waals surface area contributed by atoms with Crippen LogP contribution in [0.25, 0.3) is 0 Å². The standard InChI is InChI=1S/C8H11ClN2/c1-8(2,6-9)7-3-4-10-11-5-7/h3-5H,6H2,1-2H3. The van der Waals surface area contributed by atoms with E-state index in [1.807, 2.05) is 6.07 Å². The highest BCUT2D eigenvalue weighted by Gasteiger charge is 2.18. The normalized spacial score (nSPS) is 11.5. The molecule has 0 aromatic carbocycles. The quantitative estimate of drug-likeness (QED) is 0.635. The highest BCUT2D eigenvalue weighted by Crippen LogP contribution is 2.22. The van der Waals surface area contributed by atoms with Gasteiger partial charge in [0, 0.05) is 17.5 Å². The van der Waals surface area contributed by atoms with Crippen molar-refractivity contribution < 1.29 is 0 Å². The minimum absolute atomic E-state index is 0.00248. The summed E-state index contributed by atoms with van der Waals surface area (Å²) in [4.78, 5) is 0. The lowest BCUT2D eigenvalue weighted by molar-refractivity contribution is 0.592. The van der Waals surface area contributed by atoms with Crippen LogP contribution in [0.2, 0.25) is 0 Å². The van der Waals surface area contributed by atoms with Gasteiger partial charge >= 0.3 is 0 Å². The predicted molar refractivity (Wildman–Crippen MR) is 45.8 cm³/mol. The topological polar surface area (TPSA) is 25.8 Å². The Hall–Kier alpha value is -0.630. The number of alkyl halides is 1. The van der Waals surface area contributed by atoms with Gasteiger partial charge in [-0.1, -0.05) is 13.8 Å². The van der Waals surface area contributed by atoms with Gasteiger partial charge in [-0.05, 0) is 11.6 Å². The first kappa shape index (κ1) is 8.47. The van der Waals surface area contributed by atoms with E-state index in [2.05, 4.69) is 24.0 Å². The van der Waals surface area contributed by atoms with Crippen LogP contribution < -0.4 is 0 Å². The molecule has 0 aliphatic heterocycles. The van der Waals surface area contributed by atoms with Crippen molar-refractivity contribution in [1.82, 2.24) is 10.2 Å². The molecule has 1 heterocycles. The summed E-state index contributed by atoms with van der Waals surface area (Å²) in [6, 6.07) is 1.94. The molecule has 0 fully saturated rings. The summed E-state index contributed by atoms with van der Waals surface area (Å²) in [5.41, 5.74) is 1.12. The van der Waals surface area contributed by atoms with Gasteiger partial charge in [-0.15, -0.1) is 11.6 Å². The summed E-state index contributed by atoms with van der Waals surface area (Å²) in [7, 11) is 0. The van der Waals surface area contributed by atoms with Gasteiger partial charge in [0.15, 0.2) is 0 Å². The van der Waals surface area contributed by atoms with Crippen molar-refractivity contribution in [3.8, 4) is 0 Å². The SMILES string of the molecule is CC(C)(CCl)c1ccnnc1. The van der Waals surface area contributed by atoms with Crippen LogP contribution in [-0.2, 0) is 5.41 Å². The van der Waals surface area contributed by atoms with Gasteiger partial charge in [0.05, 0.1) is 6.20 Å². The minimum atomic E-state index is -0.00248. The third-order valence-electron chi connectivity index (χ3n) is 1.70. The summed E-state index contributed by atoms with van der Waals surface area (Å²) < 4.78 is 0. The van der Waals surface area contributed by atoms with Gasteiger partial charge in [-0.25, -0.2) is 0 Å². The van der Waals surface area contributed by atoms with E-state index in [-0.39, 0.29) is 5.41 Å². The van der Waals surface area contributed by atoms with E-state index in [0.717, 1.165) is 5.56 Å². The van der Waals surface area contributed by atoms with Gasteiger partial charge in [0.25, 0.3) is 0 Å². The number of nitrogens with zero attached hydrogens (tertiary/aromatic N) is 2. The Balaban J connectivity index is 2.93. The number of hydrogen-bond acceptors (Lipinski definition) is 2. The van der Waals surface area contributed by atoms with Crippen LogP contribution >= 0.6 is 11.6 Å². The van der Waals surface area contributed by atoms with Gasteiger partial charge in [-0.3, -0.25) is 0 Å². The summed E-state index contributed by atoms with van der Waals surface area (Å²) in [6.45, 7) is 4.16. The second-order valence-corrected chi connectivity index (χ2v) is 3.42. The average Bonchev–Trinajstić information content (AvgIpc) is 2.06. The van der Waals surface area contributed by atoms with Crippen molar-refractivity contribution in [2.45, 2.75) is 19.3 Å². The number of halogens is 1. The third-order valence-corrected chi connectivity index (χ3v) is 2.37. The Morgan fingerprint density at radius 2 is 2.18 bits per heavy atom. The van der Waals surface area contributed by atoms with E-state index in [9.17, 15) is 0 Å². The molecule has 1 aromatic rings. The molecule has 0 aliphatic rings. The Kier molecular flexibility index (Phi) is 2.45. The maximum absolute atomic E-state index is 5.78. The van der Waals surface area contributed by atoms with Gasteiger partial charge < -0.3 is 0 Å². The summed E-state index contributed by atoms with van der Waals surface area (Å²) in [6.07, 6.45) is 3.44. The number of hydrogen-bond donors (Lipinski definition) is 0. The molecule has 0 unspecified atom stereocenters. The van der Waals surface area contributed by atoms with E-state index in [1.165, 1.54) is 0 Å². The predicted octanol–water partition coefficient (Wildman–Crippen LogP) is 1.99. The average molecular weight is 171 g/mol. The lowest BCUT2D eigenvalue weighted by Gasteiger charge is -2.20. The maximum atomic E-state index is 5.78. The molecular weight excluding hydrogens is 160 g/mol. The Morgan fingerprint density at radius 1 is 1.45 bits per heavy atom. The Morgan fingerprint density at radius 3 is 2.64 bits per heavy atom. The zero-order valence-electron chi connectivity index (χ0n) is 6.71. The first-order valence-corrected chi connectivity index (χ1v) is 4.03. The molecule has 0 radical (unpaired) electrons. The van der Waals surface area contributed by atoms with Gasteiger partial charge in [0.1, 0.15) is 0 Å². The molecule has 0 aliphatic carbocycles. The van der Waals surface area contributed by atoms with Crippen molar-refractivity contribution in [3.63, 3.8) is 0 Å². The molecule has 60 valence electrons. The van der Waals surface area contributed by atoms with Gasteiger partial charge in [-0.2, -0.15) is 10.2 Å². The van der Waals surface area contributed by atoms with Crippen molar-refractivity contribution in [1.29, 1.82) is 0 Å². The highest BCUT2D eigenvalue weighted by atomic mass is 35.5. The summed E-state index contributed by atoms with van der Waals surface area (Å²) >= 11 is 5.78. The summed E-state index contributed by atoms with van der Waals surface area (Å²) in [5, 5.41) is 7.49. The number of aromatic nitrogens is 2. The molecular formula is C8H11ClN2. The van der Waals surface area contributed by atoms with E-state index in [0.29, 0.717) is 5.88 Å². The fourth-order valence-electron chi connectivity index (χ4n) is 0.768. The molecule has 0 N–H and O–H groups in total. The molecule has 0 atom stereocenters. The molecule has 0 spiro atoms. The van der Waals surface area contributed by atoms with Crippen LogP contribution in [0.15, 0.2) is 18.5 Å². The second kappa shape index (κ2) is 3.18. The zero-order chi connectivity index (χ0) is 8.32. The van der Waals surface area contributed by atoms with Crippen molar-refractivity contribution >= 4 is 11.6 Å². The van der Waals surface area contributed by atoms with E-state index in [4.69, 9.17) is 11.6 Å². The van der Waals surface area contributed by atoms with E-state index < -0.39 is 0 Å². The molecule has 0 bridgehead atoms. The zero-order valence-corrected chi connectivity index (χ0v) is 7.47. The Bertz CT molecular complexity index is 221. The van der Waals surface area contributed by atoms with Crippen molar-refractivity contribution in [2.24, 2.45) is 0 Å². The lowest BCUT2D eigenvalue weighted by atomic mass is 9.88. The monoisotopic (exact) mass is 170 g/mol. The molecule has 3 heteroatoms. The summed E-state index contributed by atoms with van der Waals surface area (Å²) in [5.74, 6) is 0.596. The lowest BCUT2D eigenvalue weighted by Crippen LogP contribution is -2.19. The van der Waals surface area contributed by atoms with Crippen LogP contribution in [0.5, 0.6) is 0 Å². The van der Waals surface area contributed by atoms with Crippen LogP contribution in [0.4, 0.5) is 0 Å². The minimum Gasteiger partial charge on any atom is -0.159 e. The van der Waals surface area contributed by atoms with Crippen molar-refractivity contribution in [3.05, 3.63) is 24.0 Å². The number of rotatable bonds is 2. The third kappa shape index (κ3) is 1.90. The molecule has 1 rings (SSSR count). The van der Waals surface area contributed by atoms with Crippen LogP contribution in [0.1, 0.15) is 19.4 Å². The van der Waals surface area contributed by atoms with Crippen LogP contribution in [-0.4, -0.2) is 16.1 Å². The highest BCUT2D eigenvalue weighted by molar-refractivity contribution is 6.18. The first-order chi connectivity index (χ1) is 5.17. The maximum Gasteiger partial charge on any atom is 0.0534 e. The fraction of sp³-hybridized carbons (Fsp3) is 0.500. The van der Waals surface area contributed by atoms with Crippen LogP contribution in [0, 0.1) is 0 Å². The van der Waals surface area contributed by atoms with Gasteiger partial charge in [0.2, 0.25) is 0 Å². The van der Waals surface area contributed by atoms with E-state index in [1.54, 1.807) is 12.4 Å². The molecule has 11 heavy (non-hydrogen) atoms. The molecule has 0 saturated carbocycles. The molecule has 0 saturated heterocycles. The van der Waals surface area contributed by atoms with E-state index >= 15 is 0 Å². The largest absolute Gasteiger partial charge is 0.159 e. The second-order valence-electron chi connectivity index (χ2n) is 3.15. The molecule has 1 aromatic heterocycles. The van der Waals surface area contributed by atoms with Crippen LogP contribution in [0.3, 0.4) is 0 Å².